The number of piperidine rings is 1. The average molecular weight is 296 g/mol. The Morgan fingerprint density at radius 1 is 1.50 bits per heavy atom. The predicted octanol–water partition coefficient (Wildman–Crippen LogP) is 2.07. The third kappa shape index (κ3) is 2.51. The molecule has 0 saturated carbocycles. The molecule has 0 bridgehead atoms. The normalized spacial score (nSPS) is 28.8. The highest BCUT2D eigenvalue weighted by molar-refractivity contribution is 8.00. The summed E-state index contributed by atoms with van der Waals surface area (Å²) < 4.78 is 5.40. The fourth-order valence-corrected chi connectivity index (χ4v) is 3.74. The number of nitriles is 1. The van der Waals surface area contributed by atoms with Crippen LogP contribution in [0.3, 0.4) is 0 Å². The molecule has 2 heterocycles. The lowest BCUT2D eigenvalue weighted by Crippen LogP contribution is -2.64. The summed E-state index contributed by atoms with van der Waals surface area (Å²) in [7, 11) is 0. The van der Waals surface area contributed by atoms with Crippen molar-refractivity contribution in [2.45, 2.75) is 39.3 Å². The van der Waals surface area contributed by atoms with Gasteiger partial charge in [0.05, 0.1) is 17.5 Å². The van der Waals surface area contributed by atoms with E-state index >= 15 is 0 Å². The number of carbonyl (C=O) groups excluding carboxylic acids is 2. The summed E-state index contributed by atoms with van der Waals surface area (Å²) in [5.74, 6) is 0.620. The predicted molar refractivity (Wildman–Crippen MR) is 76.3 cm³/mol. The molecule has 2 aliphatic rings. The molecule has 6 heteroatoms. The second-order valence-corrected chi connectivity index (χ2v) is 7.58. The average Bonchev–Trinajstić information content (AvgIpc) is 2.25. The molecule has 1 unspecified atom stereocenters. The Balaban J connectivity index is 2.23. The topological polar surface area (TPSA) is 70.4 Å². The van der Waals surface area contributed by atoms with Gasteiger partial charge in [-0.3, -0.25) is 4.79 Å². The zero-order chi connectivity index (χ0) is 15.1. The fourth-order valence-electron chi connectivity index (χ4n) is 2.58. The Kier molecular flexibility index (Phi) is 3.76. The van der Waals surface area contributed by atoms with Crippen molar-refractivity contribution in [3.8, 4) is 6.07 Å². The molecule has 1 spiro atoms. The molecule has 1 amide bonds. The third-order valence-corrected chi connectivity index (χ3v) is 5.29. The van der Waals surface area contributed by atoms with Crippen LogP contribution in [0.25, 0.3) is 0 Å². The molecule has 0 aliphatic carbocycles. The minimum atomic E-state index is -0.753. The van der Waals surface area contributed by atoms with E-state index in [1.807, 2.05) is 0 Å². The number of amides is 1. The number of thioether (sulfide) groups is 1. The first-order chi connectivity index (χ1) is 9.20. The van der Waals surface area contributed by atoms with Gasteiger partial charge in [0.25, 0.3) is 0 Å². The van der Waals surface area contributed by atoms with Gasteiger partial charge in [-0.1, -0.05) is 0 Å². The van der Waals surface area contributed by atoms with Crippen molar-refractivity contribution < 1.29 is 14.3 Å². The Hall–Kier alpha value is -1.22. The molecule has 110 valence electrons. The first-order valence-electron chi connectivity index (χ1n) is 6.71. The van der Waals surface area contributed by atoms with Crippen molar-refractivity contribution in [2.24, 2.45) is 11.3 Å². The van der Waals surface area contributed by atoms with Crippen LogP contribution in [-0.4, -0.2) is 46.5 Å². The smallest absolute Gasteiger partial charge is 0.410 e. The van der Waals surface area contributed by atoms with Crippen LogP contribution in [-0.2, 0) is 9.53 Å². The zero-order valence-electron chi connectivity index (χ0n) is 12.3. The summed E-state index contributed by atoms with van der Waals surface area (Å²) in [5.41, 5.74) is -1.11. The summed E-state index contributed by atoms with van der Waals surface area (Å²) in [6.07, 6.45) is -0.436. The number of ether oxygens (including phenoxy) is 1. The molecule has 5 nitrogen and oxygen atoms in total. The standard InChI is InChI=1S/C14H20N2O3S/c1-9-10(5-15)11(17)14(7-20-8-14)6-16(9)12(18)19-13(2,3)4/h9-10H,6-8H2,1-4H3/t9-,10?/m0/s1. The molecule has 0 N–H and O–H groups in total. The second-order valence-electron chi connectivity index (χ2n) is 6.59. The van der Waals surface area contributed by atoms with Gasteiger partial charge in [0.15, 0.2) is 5.78 Å². The molecule has 0 aromatic rings. The van der Waals surface area contributed by atoms with Gasteiger partial charge in [0.1, 0.15) is 11.5 Å². The van der Waals surface area contributed by atoms with Crippen LogP contribution in [0.2, 0.25) is 0 Å². The molecule has 2 atom stereocenters. The number of likely N-dealkylation sites (tertiary alicyclic amines) is 1. The van der Waals surface area contributed by atoms with E-state index in [4.69, 9.17) is 4.74 Å². The number of Topliss-reactive ketones (excluding diaryl/α,β-unsaturated/α-hetero) is 1. The highest BCUT2D eigenvalue weighted by Crippen LogP contribution is 2.45. The van der Waals surface area contributed by atoms with Gasteiger partial charge >= 0.3 is 6.09 Å². The van der Waals surface area contributed by atoms with E-state index in [2.05, 4.69) is 6.07 Å². The van der Waals surface area contributed by atoms with Crippen LogP contribution in [0.5, 0.6) is 0 Å². The second kappa shape index (κ2) is 4.96. The summed E-state index contributed by atoms with van der Waals surface area (Å²) >= 11 is 1.68. The van der Waals surface area contributed by atoms with Crippen molar-refractivity contribution >= 4 is 23.6 Å². The molecule has 2 fully saturated rings. The summed E-state index contributed by atoms with van der Waals surface area (Å²) in [6, 6.07) is 1.63. The lowest BCUT2D eigenvalue weighted by molar-refractivity contribution is -0.137. The highest BCUT2D eigenvalue weighted by atomic mass is 32.2. The molecule has 0 radical (unpaired) electrons. The number of carbonyl (C=O) groups is 2. The maximum absolute atomic E-state index is 12.4. The molecule has 2 rings (SSSR count). The zero-order valence-corrected chi connectivity index (χ0v) is 13.1. The summed E-state index contributed by atoms with van der Waals surface area (Å²) in [6.45, 7) is 7.53. The third-order valence-electron chi connectivity index (χ3n) is 3.78. The van der Waals surface area contributed by atoms with Gasteiger partial charge in [-0.2, -0.15) is 17.0 Å². The van der Waals surface area contributed by atoms with Crippen LogP contribution >= 0.6 is 11.8 Å². The minimum absolute atomic E-state index is 0.00828. The Morgan fingerprint density at radius 3 is 2.50 bits per heavy atom. The van der Waals surface area contributed by atoms with Gasteiger partial charge in [-0.25, -0.2) is 4.79 Å². The van der Waals surface area contributed by atoms with E-state index in [1.54, 1.807) is 44.4 Å². The Labute approximate surface area is 123 Å². The van der Waals surface area contributed by atoms with Crippen molar-refractivity contribution in [3.05, 3.63) is 0 Å². The van der Waals surface area contributed by atoms with Crippen LogP contribution in [0.1, 0.15) is 27.7 Å². The van der Waals surface area contributed by atoms with E-state index < -0.39 is 29.1 Å². The van der Waals surface area contributed by atoms with E-state index in [0.29, 0.717) is 18.1 Å². The monoisotopic (exact) mass is 296 g/mol. The van der Waals surface area contributed by atoms with Crippen molar-refractivity contribution in [1.82, 2.24) is 4.90 Å². The van der Waals surface area contributed by atoms with Crippen LogP contribution in [0.4, 0.5) is 4.79 Å². The van der Waals surface area contributed by atoms with E-state index in [9.17, 15) is 14.9 Å². The maximum Gasteiger partial charge on any atom is 0.410 e. The van der Waals surface area contributed by atoms with Gasteiger partial charge < -0.3 is 9.64 Å². The van der Waals surface area contributed by atoms with Crippen molar-refractivity contribution in [3.63, 3.8) is 0 Å². The lowest BCUT2D eigenvalue weighted by atomic mass is 9.73. The first kappa shape index (κ1) is 15.2. The summed E-state index contributed by atoms with van der Waals surface area (Å²) in [5, 5.41) is 9.26. The molecular formula is C14H20N2O3S. The van der Waals surface area contributed by atoms with E-state index in [0.717, 1.165) is 0 Å². The van der Waals surface area contributed by atoms with Crippen molar-refractivity contribution in [1.29, 1.82) is 5.26 Å². The minimum Gasteiger partial charge on any atom is -0.444 e. The number of hydrogen-bond acceptors (Lipinski definition) is 5. The summed E-state index contributed by atoms with van der Waals surface area (Å²) in [4.78, 5) is 26.3. The number of nitrogens with zero attached hydrogens (tertiary/aromatic N) is 2. The van der Waals surface area contributed by atoms with E-state index in [1.165, 1.54) is 0 Å². The quantitative estimate of drug-likeness (QED) is 0.684. The first-order valence-corrected chi connectivity index (χ1v) is 7.87. The number of hydrogen-bond donors (Lipinski definition) is 0. The van der Waals surface area contributed by atoms with E-state index in [-0.39, 0.29) is 5.78 Å². The molecule has 20 heavy (non-hydrogen) atoms. The molecule has 0 aromatic heterocycles. The van der Waals surface area contributed by atoms with Gasteiger partial charge in [-0.05, 0) is 27.7 Å². The molecular weight excluding hydrogens is 276 g/mol. The fraction of sp³-hybridized carbons (Fsp3) is 0.786. The van der Waals surface area contributed by atoms with Crippen molar-refractivity contribution in [2.75, 3.05) is 18.1 Å². The van der Waals surface area contributed by atoms with Crippen LogP contribution in [0, 0.1) is 22.7 Å². The Bertz CT molecular complexity index is 474. The van der Waals surface area contributed by atoms with Gasteiger partial charge in [0.2, 0.25) is 0 Å². The lowest BCUT2D eigenvalue weighted by Gasteiger charge is -2.50. The van der Waals surface area contributed by atoms with Crippen LogP contribution < -0.4 is 0 Å². The highest BCUT2D eigenvalue weighted by Gasteiger charge is 2.56. The van der Waals surface area contributed by atoms with Crippen LogP contribution in [0.15, 0.2) is 0 Å². The SMILES string of the molecule is C[C@H]1C(C#N)C(=O)C2(CSC2)CN1C(=O)OC(C)(C)C. The molecule has 2 aliphatic heterocycles. The number of rotatable bonds is 0. The Morgan fingerprint density at radius 2 is 2.10 bits per heavy atom. The maximum atomic E-state index is 12.4. The largest absolute Gasteiger partial charge is 0.444 e. The molecule has 0 aromatic carbocycles. The van der Waals surface area contributed by atoms with Gasteiger partial charge in [0, 0.05) is 18.1 Å². The molecule has 2 saturated heterocycles. The van der Waals surface area contributed by atoms with Gasteiger partial charge in [-0.15, -0.1) is 0 Å². The number of ketones is 1.